The van der Waals surface area contributed by atoms with Crippen LogP contribution in [0.4, 0.5) is 8.78 Å². The summed E-state index contributed by atoms with van der Waals surface area (Å²) in [5.41, 5.74) is 0.0782. The molecule has 112 valence electrons. The van der Waals surface area contributed by atoms with E-state index in [4.69, 9.17) is 16.3 Å². The summed E-state index contributed by atoms with van der Waals surface area (Å²) < 4.78 is 33.8. The Hall–Kier alpha value is -1.40. The van der Waals surface area contributed by atoms with Gasteiger partial charge in [0.05, 0.1) is 12.2 Å². The second-order valence-electron chi connectivity index (χ2n) is 3.79. The molecule has 0 aromatic heterocycles. The van der Waals surface area contributed by atoms with Crippen LogP contribution in [0.15, 0.2) is 24.3 Å². The van der Waals surface area contributed by atoms with E-state index in [0.717, 1.165) is 0 Å². The van der Waals surface area contributed by atoms with E-state index in [0.29, 0.717) is 32.1 Å². The maximum atomic E-state index is 12.2. The van der Waals surface area contributed by atoms with Crippen LogP contribution in [0.25, 0.3) is 0 Å². The summed E-state index contributed by atoms with van der Waals surface area (Å²) in [6, 6.07) is 5.85. The maximum absolute atomic E-state index is 12.2. The average molecular weight is 308 g/mol. The molecule has 0 saturated heterocycles. The van der Waals surface area contributed by atoms with Crippen LogP contribution in [0, 0.1) is 0 Å². The van der Waals surface area contributed by atoms with Crippen molar-refractivity contribution < 1.29 is 23.0 Å². The molecule has 0 radical (unpaired) electrons. The molecular formula is C13H16ClF2NO3. The number of alkyl halides is 3. The van der Waals surface area contributed by atoms with E-state index >= 15 is 0 Å². The lowest BCUT2D eigenvalue weighted by atomic mass is 10.2. The molecule has 4 nitrogen and oxygen atoms in total. The van der Waals surface area contributed by atoms with E-state index in [1.165, 1.54) is 18.2 Å². The van der Waals surface area contributed by atoms with Crippen molar-refractivity contribution in [2.24, 2.45) is 0 Å². The van der Waals surface area contributed by atoms with Gasteiger partial charge in [-0.15, -0.1) is 11.6 Å². The summed E-state index contributed by atoms with van der Waals surface area (Å²) >= 11 is 5.43. The third-order valence-corrected chi connectivity index (χ3v) is 2.47. The predicted octanol–water partition coefficient (Wildman–Crippen LogP) is 2.66. The summed E-state index contributed by atoms with van der Waals surface area (Å²) in [5.74, 6) is -0.179. The summed E-state index contributed by atoms with van der Waals surface area (Å²) in [4.78, 5) is 11.8. The third kappa shape index (κ3) is 6.16. The predicted molar refractivity (Wildman–Crippen MR) is 71.6 cm³/mol. The van der Waals surface area contributed by atoms with Crippen LogP contribution >= 0.6 is 11.6 Å². The van der Waals surface area contributed by atoms with Crippen molar-refractivity contribution in [1.29, 1.82) is 0 Å². The summed E-state index contributed by atoms with van der Waals surface area (Å²) in [7, 11) is 0. The highest BCUT2D eigenvalue weighted by Crippen LogP contribution is 2.19. The molecule has 1 aromatic carbocycles. The van der Waals surface area contributed by atoms with Crippen molar-refractivity contribution in [1.82, 2.24) is 5.32 Å². The molecule has 1 aromatic rings. The van der Waals surface area contributed by atoms with E-state index in [9.17, 15) is 13.6 Å². The van der Waals surface area contributed by atoms with E-state index in [1.54, 1.807) is 6.07 Å². The third-order valence-electron chi connectivity index (χ3n) is 2.32. The lowest BCUT2D eigenvalue weighted by molar-refractivity contribution is -0.0501. The van der Waals surface area contributed by atoms with Crippen LogP contribution in [0.1, 0.15) is 16.8 Å². The van der Waals surface area contributed by atoms with Gasteiger partial charge in [0, 0.05) is 19.0 Å². The second-order valence-corrected chi connectivity index (χ2v) is 4.16. The minimum atomic E-state index is -2.96. The van der Waals surface area contributed by atoms with Gasteiger partial charge in [-0.2, -0.15) is 8.78 Å². The minimum absolute atomic E-state index is 0.0782. The molecule has 20 heavy (non-hydrogen) atoms. The Morgan fingerprint density at radius 3 is 2.75 bits per heavy atom. The topological polar surface area (TPSA) is 47.6 Å². The number of amides is 1. The molecule has 0 unspecified atom stereocenters. The normalized spacial score (nSPS) is 10.6. The van der Waals surface area contributed by atoms with Gasteiger partial charge in [-0.25, -0.2) is 0 Å². The lowest BCUT2D eigenvalue weighted by Gasteiger charge is -2.10. The van der Waals surface area contributed by atoms with Crippen LogP contribution in [-0.2, 0) is 4.74 Å². The molecule has 0 saturated carbocycles. The number of rotatable bonds is 9. The van der Waals surface area contributed by atoms with Gasteiger partial charge in [0.2, 0.25) is 0 Å². The summed E-state index contributed by atoms with van der Waals surface area (Å²) in [6.45, 7) is -1.65. The Balaban J connectivity index is 2.43. The van der Waals surface area contributed by atoms with Crippen LogP contribution < -0.4 is 10.1 Å². The highest BCUT2D eigenvalue weighted by molar-refractivity contribution is 6.17. The standard InChI is InChI=1S/C13H16ClF2NO3/c14-6-9-19-8-3-7-17-12(18)10-4-1-2-5-11(10)20-13(15)16/h1-2,4-5,13H,3,6-9H2,(H,17,18). The highest BCUT2D eigenvalue weighted by atomic mass is 35.5. The first-order chi connectivity index (χ1) is 9.65. The van der Waals surface area contributed by atoms with Gasteiger partial charge in [0.15, 0.2) is 0 Å². The molecule has 0 heterocycles. The van der Waals surface area contributed by atoms with Gasteiger partial charge < -0.3 is 14.8 Å². The Morgan fingerprint density at radius 2 is 2.05 bits per heavy atom. The molecule has 1 N–H and O–H groups in total. The number of halogens is 3. The Morgan fingerprint density at radius 1 is 1.30 bits per heavy atom. The molecule has 1 rings (SSSR count). The fraction of sp³-hybridized carbons (Fsp3) is 0.462. The summed E-state index contributed by atoms with van der Waals surface area (Å²) in [5, 5.41) is 2.61. The van der Waals surface area contributed by atoms with Crippen LogP contribution in [0.2, 0.25) is 0 Å². The van der Waals surface area contributed by atoms with Crippen molar-refractivity contribution in [3.05, 3.63) is 29.8 Å². The largest absolute Gasteiger partial charge is 0.434 e. The Bertz CT molecular complexity index is 418. The molecule has 0 fully saturated rings. The number of carbonyl (C=O) groups is 1. The average Bonchev–Trinajstić information content (AvgIpc) is 2.42. The van der Waals surface area contributed by atoms with Gasteiger partial charge in [0.25, 0.3) is 5.91 Å². The van der Waals surface area contributed by atoms with Crippen molar-refractivity contribution >= 4 is 17.5 Å². The first-order valence-electron chi connectivity index (χ1n) is 6.11. The maximum Gasteiger partial charge on any atom is 0.387 e. The summed E-state index contributed by atoms with van der Waals surface area (Å²) in [6.07, 6.45) is 0.612. The van der Waals surface area contributed by atoms with Crippen molar-refractivity contribution in [2.75, 3.05) is 25.6 Å². The molecule has 0 spiro atoms. The molecule has 0 aliphatic heterocycles. The van der Waals surface area contributed by atoms with Crippen molar-refractivity contribution in [3.63, 3.8) is 0 Å². The van der Waals surface area contributed by atoms with E-state index in [2.05, 4.69) is 10.1 Å². The zero-order valence-electron chi connectivity index (χ0n) is 10.8. The van der Waals surface area contributed by atoms with Crippen LogP contribution in [-0.4, -0.2) is 38.2 Å². The highest BCUT2D eigenvalue weighted by Gasteiger charge is 2.14. The molecule has 7 heteroatoms. The zero-order chi connectivity index (χ0) is 14.8. The number of nitrogens with one attached hydrogen (secondary N) is 1. The Kier molecular flexibility index (Phi) is 7.91. The van der Waals surface area contributed by atoms with Gasteiger partial charge >= 0.3 is 6.61 Å². The number of ether oxygens (including phenoxy) is 2. The zero-order valence-corrected chi connectivity index (χ0v) is 11.5. The van der Waals surface area contributed by atoms with Gasteiger partial charge in [-0.3, -0.25) is 4.79 Å². The van der Waals surface area contributed by atoms with Crippen molar-refractivity contribution in [3.8, 4) is 5.75 Å². The number of hydrogen-bond acceptors (Lipinski definition) is 3. The van der Waals surface area contributed by atoms with E-state index < -0.39 is 12.5 Å². The first kappa shape index (κ1) is 16.7. The quantitative estimate of drug-likeness (QED) is 0.563. The molecule has 1 amide bonds. The van der Waals surface area contributed by atoms with Gasteiger partial charge in [0.1, 0.15) is 5.75 Å². The smallest absolute Gasteiger partial charge is 0.387 e. The van der Waals surface area contributed by atoms with Gasteiger partial charge in [-0.1, -0.05) is 12.1 Å². The molecule has 0 bridgehead atoms. The van der Waals surface area contributed by atoms with Crippen LogP contribution in [0.3, 0.4) is 0 Å². The van der Waals surface area contributed by atoms with Crippen LogP contribution in [0.5, 0.6) is 5.75 Å². The second kappa shape index (κ2) is 9.50. The number of benzene rings is 1. The van der Waals surface area contributed by atoms with E-state index in [1.807, 2.05) is 0 Å². The number of para-hydroxylation sites is 1. The van der Waals surface area contributed by atoms with Gasteiger partial charge in [-0.05, 0) is 18.6 Å². The monoisotopic (exact) mass is 307 g/mol. The van der Waals surface area contributed by atoms with Crippen molar-refractivity contribution in [2.45, 2.75) is 13.0 Å². The molecular weight excluding hydrogens is 292 g/mol. The fourth-order valence-electron chi connectivity index (χ4n) is 1.48. The molecule has 0 aliphatic carbocycles. The molecule has 0 atom stereocenters. The first-order valence-corrected chi connectivity index (χ1v) is 6.64. The fourth-order valence-corrected chi connectivity index (χ4v) is 1.59. The number of carbonyl (C=O) groups excluding carboxylic acids is 1. The Labute approximate surface area is 121 Å². The van der Waals surface area contributed by atoms with E-state index in [-0.39, 0.29) is 11.3 Å². The lowest BCUT2D eigenvalue weighted by Crippen LogP contribution is -2.26. The number of hydrogen-bond donors (Lipinski definition) is 1. The SMILES string of the molecule is O=C(NCCCOCCCl)c1ccccc1OC(F)F. The molecule has 0 aliphatic rings. The minimum Gasteiger partial charge on any atom is -0.434 e.